The Morgan fingerprint density at radius 1 is 0.357 bits per heavy atom. The van der Waals surface area contributed by atoms with Crippen molar-refractivity contribution in [3.8, 4) is 34.2 Å². The van der Waals surface area contributed by atoms with E-state index in [2.05, 4.69) is 178 Å². The van der Waals surface area contributed by atoms with Crippen molar-refractivity contribution >= 4 is 62.5 Å². The number of rotatable bonds is 6. The fraction of sp³-hybridized carbons (Fsp3) is 0. The molecule has 0 spiro atoms. The van der Waals surface area contributed by atoms with Crippen molar-refractivity contribution in [3.05, 3.63) is 200 Å². The Morgan fingerprint density at radius 2 is 0.732 bits per heavy atom. The molecular weight excluding hydrogens is 683 g/mol. The van der Waals surface area contributed by atoms with Gasteiger partial charge in [-0.2, -0.15) is 9.97 Å². The molecule has 4 heterocycles. The summed E-state index contributed by atoms with van der Waals surface area (Å²) in [5, 5.41) is 2.22. The minimum atomic E-state index is -0.179. The van der Waals surface area contributed by atoms with Gasteiger partial charge in [-0.3, -0.25) is 4.90 Å². The second-order valence-electron chi connectivity index (χ2n) is 14.0. The fourth-order valence-corrected chi connectivity index (χ4v) is 8.50. The Labute approximate surface area is 324 Å². The minimum Gasteiger partial charge on any atom is -0.319 e. The van der Waals surface area contributed by atoms with Crippen LogP contribution in [-0.2, 0) is 0 Å². The molecule has 56 heavy (non-hydrogen) atoms. The average Bonchev–Trinajstić information content (AvgIpc) is 3.80. The maximum atomic E-state index is 5.41. The first kappa shape index (κ1) is 32.0. The highest BCUT2D eigenvalue weighted by atomic mass is 15.3. The molecule has 6 nitrogen and oxygen atoms in total. The molecule has 0 bridgehead atoms. The molecule has 0 atom stereocenters. The van der Waals surface area contributed by atoms with Crippen molar-refractivity contribution in [2.75, 3.05) is 4.90 Å². The van der Waals surface area contributed by atoms with Crippen LogP contribution < -0.4 is 21.5 Å². The summed E-state index contributed by atoms with van der Waals surface area (Å²) in [6.07, 6.45) is 0. The van der Waals surface area contributed by atoms with Crippen LogP contribution in [0.3, 0.4) is 0 Å². The molecule has 1 aliphatic rings. The molecular formula is C49H33BN6. The third-order valence-corrected chi connectivity index (χ3v) is 10.8. The highest BCUT2D eigenvalue weighted by Crippen LogP contribution is 2.45. The summed E-state index contributed by atoms with van der Waals surface area (Å²) in [7, 11) is 0. The molecule has 0 radical (unpaired) electrons. The monoisotopic (exact) mass is 716 g/mol. The van der Waals surface area contributed by atoms with Gasteiger partial charge in [-0.1, -0.05) is 169 Å². The van der Waals surface area contributed by atoms with Crippen LogP contribution >= 0.6 is 0 Å². The maximum absolute atomic E-state index is 5.41. The Bertz CT molecular complexity index is 2830. The number of aromatic nitrogens is 5. The standard InChI is InChI=1S/C49H33BN6/c1-6-20-34(21-7-1)47-51-48(35-22-8-2-9-23-35)53-49(52-47)56-43-39-30-16-18-32-41(39)54(37-26-12-4-13-27-37)45(43)50(36-24-10-3-11-25-36)46-44(56)40-31-17-19-33-42(40)55(46)38-28-14-5-15-29-38/h1-33H. The number of benzene rings is 7. The van der Waals surface area contributed by atoms with Crippen LogP contribution in [0.1, 0.15) is 0 Å². The highest BCUT2D eigenvalue weighted by Gasteiger charge is 2.45. The van der Waals surface area contributed by atoms with Crippen molar-refractivity contribution in [2.24, 2.45) is 0 Å². The number of nitrogens with zero attached hydrogens (tertiary/aromatic N) is 6. The predicted molar refractivity (Wildman–Crippen MR) is 230 cm³/mol. The number of anilines is 3. The van der Waals surface area contributed by atoms with Gasteiger partial charge in [-0.05, 0) is 36.4 Å². The summed E-state index contributed by atoms with van der Waals surface area (Å²) >= 11 is 0. The van der Waals surface area contributed by atoms with Gasteiger partial charge in [0.05, 0.1) is 22.4 Å². The highest BCUT2D eigenvalue weighted by molar-refractivity contribution is 6.98. The lowest BCUT2D eigenvalue weighted by Crippen LogP contribution is -2.60. The van der Waals surface area contributed by atoms with Gasteiger partial charge >= 0.3 is 0 Å². The zero-order valence-corrected chi connectivity index (χ0v) is 30.3. The molecule has 0 saturated heterocycles. The second kappa shape index (κ2) is 13.1. The van der Waals surface area contributed by atoms with E-state index in [1.165, 1.54) is 5.46 Å². The average molecular weight is 717 g/mol. The fourth-order valence-electron chi connectivity index (χ4n) is 8.50. The van der Waals surface area contributed by atoms with E-state index in [1.54, 1.807) is 0 Å². The predicted octanol–water partition coefficient (Wildman–Crippen LogP) is 9.39. The van der Waals surface area contributed by atoms with Gasteiger partial charge < -0.3 is 9.13 Å². The number of hydrogen-bond acceptors (Lipinski definition) is 4. The van der Waals surface area contributed by atoms with Crippen LogP contribution in [0.15, 0.2) is 200 Å². The number of fused-ring (bicyclic) bond motifs is 6. The molecule has 0 aliphatic carbocycles. The van der Waals surface area contributed by atoms with Crippen molar-refractivity contribution in [3.63, 3.8) is 0 Å². The van der Waals surface area contributed by atoms with Gasteiger partial charge in [-0.15, -0.1) is 0 Å². The van der Waals surface area contributed by atoms with Crippen molar-refractivity contribution in [2.45, 2.75) is 0 Å². The molecule has 11 rings (SSSR count). The van der Waals surface area contributed by atoms with Crippen molar-refractivity contribution in [1.82, 2.24) is 24.1 Å². The van der Waals surface area contributed by atoms with E-state index >= 15 is 0 Å². The largest absolute Gasteiger partial charge is 0.319 e. The molecule has 1 aliphatic heterocycles. The normalized spacial score (nSPS) is 12.2. The Morgan fingerprint density at radius 3 is 1.18 bits per heavy atom. The topological polar surface area (TPSA) is 51.8 Å². The summed E-state index contributed by atoms with van der Waals surface area (Å²) in [4.78, 5) is 18.3. The first-order chi connectivity index (χ1) is 27.8. The molecule has 0 unspecified atom stereocenters. The Balaban J connectivity index is 1.35. The number of para-hydroxylation sites is 4. The minimum absolute atomic E-state index is 0.179. The van der Waals surface area contributed by atoms with Gasteiger partial charge in [0.15, 0.2) is 11.6 Å². The smallest absolute Gasteiger partial charge is 0.289 e. The lowest BCUT2D eigenvalue weighted by atomic mass is 9.38. The molecule has 0 N–H and O–H groups in total. The van der Waals surface area contributed by atoms with Crippen molar-refractivity contribution in [1.29, 1.82) is 0 Å². The van der Waals surface area contributed by atoms with E-state index in [0.717, 1.165) is 66.9 Å². The lowest BCUT2D eigenvalue weighted by molar-refractivity contribution is 1.02. The van der Waals surface area contributed by atoms with Gasteiger partial charge in [-0.25, -0.2) is 4.98 Å². The molecule has 0 amide bonds. The molecule has 0 fully saturated rings. The zero-order valence-electron chi connectivity index (χ0n) is 30.3. The SMILES string of the molecule is c1ccc(B2c3c(c4ccccc4n3-c3ccccc3)N(c3nc(-c4ccccc4)nc(-c4ccccc4)n3)c3c2n(-c2ccccc2)c2ccccc32)cc1. The number of hydrogen-bond donors (Lipinski definition) is 0. The van der Waals surface area contributed by atoms with Gasteiger partial charge in [0.25, 0.3) is 6.71 Å². The van der Waals surface area contributed by atoms with Gasteiger partial charge in [0.2, 0.25) is 5.95 Å². The summed E-state index contributed by atoms with van der Waals surface area (Å²) in [5.74, 6) is 1.78. The van der Waals surface area contributed by atoms with Crippen LogP contribution in [0.5, 0.6) is 0 Å². The summed E-state index contributed by atoms with van der Waals surface area (Å²) < 4.78 is 4.89. The third kappa shape index (κ3) is 5.02. The second-order valence-corrected chi connectivity index (χ2v) is 14.0. The van der Waals surface area contributed by atoms with E-state index in [0.29, 0.717) is 17.6 Å². The summed E-state index contributed by atoms with van der Waals surface area (Å²) in [5.41, 5.74) is 11.8. The molecule has 262 valence electrons. The molecule has 10 aromatic rings. The zero-order chi connectivity index (χ0) is 37.0. The van der Waals surface area contributed by atoms with Crippen molar-refractivity contribution < 1.29 is 0 Å². The van der Waals surface area contributed by atoms with Gasteiger partial charge in [0, 0.05) is 44.5 Å². The van der Waals surface area contributed by atoms with Crippen LogP contribution in [0.4, 0.5) is 17.3 Å². The first-order valence-corrected chi connectivity index (χ1v) is 18.9. The maximum Gasteiger partial charge on any atom is 0.289 e. The first-order valence-electron chi connectivity index (χ1n) is 18.9. The molecule has 7 aromatic carbocycles. The van der Waals surface area contributed by atoms with Gasteiger partial charge in [0.1, 0.15) is 0 Å². The van der Waals surface area contributed by atoms with E-state index < -0.39 is 0 Å². The van der Waals surface area contributed by atoms with E-state index in [1.807, 2.05) is 36.4 Å². The molecule has 0 saturated carbocycles. The molecule has 7 heteroatoms. The van der Waals surface area contributed by atoms with E-state index in [-0.39, 0.29) is 6.71 Å². The van der Waals surface area contributed by atoms with E-state index in [9.17, 15) is 0 Å². The van der Waals surface area contributed by atoms with E-state index in [4.69, 9.17) is 15.0 Å². The molecule has 3 aromatic heterocycles. The Kier molecular flexibility index (Phi) is 7.48. The summed E-state index contributed by atoms with van der Waals surface area (Å²) in [6, 6.07) is 70.2. The lowest BCUT2D eigenvalue weighted by Gasteiger charge is -2.34. The van der Waals surface area contributed by atoms with Crippen LogP contribution in [-0.4, -0.2) is 30.8 Å². The Hall–Kier alpha value is -7.51. The van der Waals surface area contributed by atoms with Crippen LogP contribution in [0.25, 0.3) is 56.0 Å². The van der Waals surface area contributed by atoms with Crippen LogP contribution in [0.2, 0.25) is 0 Å². The summed E-state index contributed by atoms with van der Waals surface area (Å²) in [6.45, 7) is -0.179. The third-order valence-electron chi connectivity index (χ3n) is 10.8. The van der Waals surface area contributed by atoms with Crippen LogP contribution in [0, 0.1) is 0 Å². The quantitative estimate of drug-likeness (QED) is 0.161.